The Morgan fingerprint density at radius 2 is 0.820 bits per heavy atom. The zero-order valence-corrected chi connectivity index (χ0v) is 33.6. The van der Waals surface area contributed by atoms with Crippen molar-refractivity contribution in [3.63, 3.8) is 0 Å². The van der Waals surface area contributed by atoms with Gasteiger partial charge in [0.15, 0.2) is 0 Å². The van der Waals surface area contributed by atoms with E-state index in [1.54, 1.807) is 0 Å². The summed E-state index contributed by atoms with van der Waals surface area (Å²) >= 11 is 0. The zero-order valence-electron chi connectivity index (χ0n) is 33.6. The van der Waals surface area contributed by atoms with Crippen LogP contribution in [0.25, 0.3) is 49.4 Å². The number of para-hydroxylation sites is 2. The molecule has 1 aromatic heterocycles. The molecule has 0 saturated heterocycles. The second-order valence-corrected chi connectivity index (χ2v) is 15.7. The van der Waals surface area contributed by atoms with Crippen LogP contribution in [0.5, 0.6) is 0 Å². The summed E-state index contributed by atoms with van der Waals surface area (Å²) in [6, 6.07) is 92.7. The van der Waals surface area contributed by atoms with Crippen LogP contribution in [-0.2, 0) is 5.41 Å². The van der Waals surface area contributed by atoms with Gasteiger partial charge in [-0.15, -0.1) is 0 Å². The van der Waals surface area contributed by atoms with E-state index in [4.69, 9.17) is 0 Å². The van der Waals surface area contributed by atoms with Crippen molar-refractivity contribution in [2.45, 2.75) is 5.41 Å². The zero-order chi connectivity index (χ0) is 40.6. The topological polar surface area (TPSA) is 8.17 Å². The van der Waals surface area contributed by atoms with E-state index in [0.29, 0.717) is 0 Å². The van der Waals surface area contributed by atoms with Crippen LogP contribution in [0.4, 0.5) is 17.1 Å². The van der Waals surface area contributed by atoms with Crippen molar-refractivity contribution in [1.82, 2.24) is 4.57 Å². The maximum atomic E-state index is 2.43. The highest BCUT2D eigenvalue weighted by molar-refractivity contribution is 6.11. The van der Waals surface area contributed by atoms with Crippen molar-refractivity contribution in [1.29, 1.82) is 0 Å². The second-order valence-electron chi connectivity index (χ2n) is 15.7. The lowest BCUT2D eigenvalue weighted by molar-refractivity contribution is 0.745. The molecule has 0 N–H and O–H groups in total. The summed E-state index contributed by atoms with van der Waals surface area (Å²) in [5, 5.41) is 4.87. The second kappa shape index (κ2) is 15.3. The van der Waals surface area contributed by atoms with Gasteiger partial charge >= 0.3 is 0 Å². The van der Waals surface area contributed by atoms with Gasteiger partial charge in [-0.05, 0) is 87.3 Å². The molecule has 11 aromatic rings. The minimum absolute atomic E-state index is 0.504. The molecule has 0 amide bonds. The van der Waals surface area contributed by atoms with E-state index < -0.39 is 5.41 Å². The number of hydrogen-bond acceptors (Lipinski definition) is 1. The maximum absolute atomic E-state index is 2.43. The van der Waals surface area contributed by atoms with Crippen LogP contribution in [0.15, 0.2) is 255 Å². The monoisotopic (exact) mass is 778 g/mol. The molecule has 0 unspecified atom stereocenters. The minimum Gasteiger partial charge on any atom is -0.310 e. The number of aromatic nitrogens is 1. The lowest BCUT2D eigenvalue weighted by atomic mass is 9.65. The van der Waals surface area contributed by atoms with Crippen LogP contribution in [-0.4, -0.2) is 4.57 Å². The van der Waals surface area contributed by atoms with E-state index in [9.17, 15) is 0 Å². The number of anilines is 3. The summed E-state index contributed by atoms with van der Waals surface area (Å²) in [6.07, 6.45) is 0. The minimum atomic E-state index is -0.504. The normalized spacial score (nSPS) is 11.6. The summed E-state index contributed by atoms with van der Waals surface area (Å²) in [4.78, 5) is 2.43. The van der Waals surface area contributed by atoms with E-state index in [1.165, 1.54) is 54.8 Å². The molecule has 0 aliphatic heterocycles. The Morgan fingerprint density at radius 3 is 1.49 bits per heavy atom. The first kappa shape index (κ1) is 36.2. The Labute approximate surface area is 356 Å². The fourth-order valence-electron chi connectivity index (χ4n) is 9.59. The molecule has 0 aliphatic rings. The van der Waals surface area contributed by atoms with E-state index in [0.717, 1.165) is 33.9 Å². The van der Waals surface area contributed by atoms with Gasteiger partial charge in [-0.3, -0.25) is 0 Å². The average Bonchev–Trinajstić information content (AvgIpc) is 3.67. The van der Waals surface area contributed by atoms with Crippen molar-refractivity contribution in [2.75, 3.05) is 4.90 Å². The molecule has 0 fully saturated rings. The predicted molar refractivity (Wildman–Crippen MR) is 257 cm³/mol. The summed E-state index contributed by atoms with van der Waals surface area (Å²) in [6.45, 7) is 0. The molecule has 0 radical (unpaired) electrons. The van der Waals surface area contributed by atoms with Gasteiger partial charge in [0, 0.05) is 33.2 Å². The molecule has 0 bridgehead atoms. The summed E-state index contributed by atoms with van der Waals surface area (Å²) in [7, 11) is 0. The summed E-state index contributed by atoms with van der Waals surface area (Å²) in [5.41, 5.74) is 13.5. The van der Waals surface area contributed by atoms with Gasteiger partial charge in [-0.2, -0.15) is 0 Å². The van der Waals surface area contributed by atoms with Crippen molar-refractivity contribution in [2.24, 2.45) is 0 Å². The number of hydrogen-bond donors (Lipinski definition) is 0. The van der Waals surface area contributed by atoms with Gasteiger partial charge in [-0.25, -0.2) is 0 Å². The first-order valence-electron chi connectivity index (χ1n) is 21.0. The molecule has 2 nitrogen and oxygen atoms in total. The third-order valence-corrected chi connectivity index (χ3v) is 12.3. The standard InChI is InChI=1S/C59H42N2/c1-5-22-46(23-6-1)59(47-24-7-2-8-25-47,48-26-9-3-10-27-48)49-37-35-43(36-38-49)45-21-17-30-51(41-45)60(56-34-18-20-44-19-13-14-31-53(44)56)52-39-40-55-54-32-15-16-33-57(54)61(58(55)42-52)50-28-11-4-12-29-50/h1-42H. The van der Waals surface area contributed by atoms with E-state index in [2.05, 4.69) is 264 Å². The first-order chi connectivity index (χ1) is 30.3. The summed E-state index contributed by atoms with van der Waals surface area (Å²) < 4.78 is 2.40. The molecule has 10 aromatic carbocycles. The van der Waals surface area contributed by atoms with Gasteiger partial charge in [0.1, 0.15) is 0 Å². The SMILES string of the molecule is c1ccc(-n2c3ccccc3c3ccc(N(c4cccc(-c5ccc(C(c6ccccc6)(c6ccccc6)c6ccccc6)cc5)c4)c4cccc5ccccc45)cc32)cc1. The van der Waals surface area contributed by atoms with Crippen LogP contribution in [0.2, 0.25) is 0 Å². The highest BCUT2D eigenvalue weighted by Crippen LogP contribution is 2.46. The lowest BCUT2D eigenvalue weighted by Crippen LogP contribution is -2.30. The molecule has 0 atom stereocenters. The van der Waals surface area contributed by atoms with Gasteiger partial charge in [-0.1, -0.05) is 206 Å². The molecule has 11 rings (SSSR count). The van der Waals surface area contributed by atoms with Crippen molar-refractivity contribution < 1.29 is 0 Å². The number of rotatable bonds is 9. The Balaban J connectivity index is 1.08. The third-order valence-electron chi connectivity index (χ3n) is 12.3. The Kier molecular flexibility index (Phi) is 9.09. The predicted octanol–water partition coefficient (Wildman–Crippen LogP) is 15.5. The molecule has 61 heavy (non-hydrogen) atoms. The Morgan fingerprint density at radius 1 is 0.311 bits per heavy atom. The van der Waals surface area contributed by atoms with Crippen LogP contribution in [0, 0.1) is 0 Å². The molecule has 1 heterocycles. The third kappa shape index (κ3) is 6.20. The number of nitrogens with zero attached hydrogens (tertiary/aromatic N) is 2. The number of benzene rings is 10. The van der Waals surface area contributed by atoms with Gasteiger partial charge in [0.25, 0.3) is 0 Å². The van der Waals surface area contributed by atoms with Crippen LogP contribution >= 0.6 is 0 Å². The van der Waals surface area contributed by atoms with Crippen LogP contribution in [0.1, 0.15) is 22.3 Å². The van der Waals surface area contributed by atoms with Gasteiger partial charge in [0.2, 0.25) is 0 Å². The van der Waals surface area contributed by atoms with E-state index >= 15 is 0 Å². The fourth-order valence-corrected chi connectivity index (χ4v) is 9.59. The highest BCUT2D eigenvalue weighted by atomic mass is 15.1. The molecular weight excluding hydrogens is 737 g/mol. The van der Waals surface area contributed by atoms with Gasteiger partial charge in [0.05, 0.1) is 22.1 Å². The molecule has 0 aliphatic carbocycles. The highest BCUT2D eigenvalue weighted by Gasteiger charge is 2.38. The summed E-state index contributed by atoms with van der Waals surface area (Å²) in [5.74, 6) is 0. The maximum Gasteiger partial charge on any atom is 0.0701 e. The Bertz CT molecular complexity index is 3180. The molecule has 2 heteroatoms. The molecule has 0 spiro atoms. The largest absolute Gasteiger partial charge is 0.310 e. The van der Waals surface area contributed by atoms with Gasteiger partial charge < -0.3 is 9.47 Å². The van der Waals surface area contributed by atoms with Crippen LogP contribution in [0.3, 0.4) is 0 Å². The van der Waals surface area contributed by atoms with Crippen molar-refractivity contribution in [3.8, 4) is 16.8 Å². The number of fused-ring (bicyclic) bond motifs is 4. The quantitative estimate of drug-likeness (QED) is 0.133. The van der Waals surface area contributed by atoms with Crippen molar-refractivity contribution >= 4 is 49.6 Å². The lowest BCUT2D eigenvalue weighted by Gasteiger charge is -2.37. The van der Waals surface area contributed by atoms with Crippen molar-refractivity contribution in [3.05, 3.63) is 277 Å². The average molecular weight is 779 g/mol. The smallest absolute Gasteiger partial charge is 0.0701 e. The molecule has 0 saturated carbocycles. The Hall–Kier alpha value is -7.94. The first-order valence-corrected chi connectivity index (χ1v) is 21.0. The van der Waals surface area contributed by atoms with E-state index in [1.807, 2.05) is 0 Å². The van der Waals surface area contributed by atoms with E-state index in [-0.39, 0.29) is 0 Å². The molecular formula is C59H42N2. The van der Waals surface area contributed by atoms with Crippen LogP contribution < -0.4 is 4.90 Å². The fraction of sp³-hybridized carbons (Fsp3) is 0.0169. The molecule has 288 valence electrons.